The maximum Gasteiger partial charge on any atom is 0.344 e. The molecule has 9 nitrogen and oxygen atoms in total. The van der Waals surface area contributed by atoms with Crippen molar-refractivity contribution in [1.29, 1.82) is 0 Å². The molecule has 0 fully saturated rings. The number of aromatic nitrogens is 1. The van der Waals surface area contributed by atoms with E-state index in [1.165, 1.54) is 24.5 Å². The second kappa shape index (κ2) is 9.65. The highest BCUT2D eigenvalue weighted by Gasteiger charge is 2.13. The molecule has 0 aliphatic rings. The lowest BCUT2D eigenvalue weighted by Gasteiger charge is -2.08. The number of carbonyl (C=O) groups is 1. The number of halogens is 1. The lowest BCUT2D eigenvalue weighted by atomic mass is 10.2. The van der Waals surface area contributed by atoms with Gasteiger partial charge in [0.2, 0.25) is 5.82 Å². The number of ether oxygens (including phenoxy) is 2. The van der Waals surface area contributed by atoms with Gasteiger partial charge in [-0.05, 0) is 59.3 Å². The number of benzene rings is 1. The Morgan fingerprint density at radius 3 is 2.96 bits per heavy atom. The van der Waals surface area contributed by atoms with Crippen LogP contribution in [0.1, 0.15) is 12.5 Å². The molecule has 1 heterocycles. The summed E-state index contributed by atoms with van der Waals surface area (Å²) >= 11 is 2.07. The monoisotopic (exact) mass is 470 g/mol. The van der Waals surface area contributed by atoms with E-state index >= 15 is 0 Å². The summed E-state index contributed by atoms with van der Waals surface area (Å²) in [6, 6.07) is 8.04. The number of pyridine rings is 1. The first kappa shape index (κ1) is 19.6. The Hall–Kier alpha value is -2.76. The van der Waals surface area contributed by atoms with E-state index in [9.17, 15) is 14.9 Å². The standard InChI is InChI=1S/C16H15IN4O5/c1-2-25-15(22)10-26-14-6-5-11(8-12(14)17)9-19-20-16-13(21(23)24)4-3-7-18-16/h3-9H,2,10H2,1H3,(H,18,20)/b19-9-. The normalized spacial score (nSPS) is 10.5. The zero-order chi connectivity index (χ0) is 18.9. The zero-order valence-corrected chi connectivity index (χ0v) is 15.9. The van der Waals surface area contributed by atoms with Crippen LogP contribution in [0.15, 0.2) is 41.6 Å². The average molecular weight is 470 g/mol. The maximum atomic E-state index is 11.3. The van der Waals surface area contributed by atoms with Crippen LogP contribution >= 0.6 is 22.6 Å². The first-order chi connectivity index (χ1) is 12.5. The summed E-state index contributed by atoms with van der Waals surface area (Å²) in [6.45, 7) is 1.86. The highest BCUT2D eigenvalue weighted by molar-refractivity contribution is 14.1. The molecule has 0 amide bonds. The molecule has 2 aromatic rings. The summed E-state index contributed by atoms with van der Waals surface area (Å²) < 4.78 is 11.0. The zero-order valence-electron chi connectivity index (χ0n) is 13.7. The van der Waals surface area contributed by atoms with Gasteiger partial charge in [-0.2, -0.15) is 5.10 Å². The van der Waals surface area contributed by atoms with Crippen molar-refractivity contribution < 1.29 is 19.2 Å². The first-order valence-corrected chi connectivity index (χ1v) is 8.55. The third kappa shape index (κ3) is 5.65. The van der Waals surface area contributed by atoms with Crippen molar-refractivity contribution in [1.82, 2.24) is 4.98 Å². The van der Waals surface area contributed by atoms with E-state index in [0.29, 0.717) is 12.4 Å². The molecule has 0 atom stereocenters. The van der Waals surface area contributed by atoms with Crippen LogP contribution in [0.3, 0.4) is 0 Å². The van der Waals surface area contributed by atoms with E-state index in [1.807, 2.05) is 0 Å². The van der Waals surface area contributed by atoms with Crippen LogP contribution in [0.25, 0.3) is 0 Å². The summed E-state index contributed by atoms with van der Waals surface area (Å²) in [6.07, 6.45) is 2.93. The highest BCUT2D eigenvalue weighted by atomic mass is 127. The fourth-order valence-corrected chi connectivity index (χ4v) is 2.55. The Labute approximate surface area is 162 Å². The van der Waals surface area contributed by atoms with Gasteiger partial charge in [0.05, 0.1) is 21.3 Å². The minimum Gasteiger partial charge on any atom is -0.481 e. The molecule has 0 unspecified atom stereocenters. The van der Waals surface area contributed by atoms with E-state index in [0.717, 1.165) is 9.13 Å². The lowest BCUT2D eigenvalue weighted by Crippen LogP contribution is -2.15. The van der Waals surface area contributed by atoms with Gasteiger partial charge in [0.15, 0.2) is 6.61 Å². The molecule has 0 saturated heterocycles. The van der Waals surface area contributed by atoms with Gasteiger partial charge in [0.1, 0.15) is 5.75 Å². The number of hydrogen-bond acceptors (Lipinski definition) is 8. The van der Waals surface area contributed by atoms with Crippen LogP contribution in [0, 0.1) is 13.7 Å². The van der Waals surface area contributed by atoms with Gasteiger partial charge in [-0.15, -0.1) is 0 Å². The van der Waals surface area contributed by atoms with Crippen LogP contribution in [0.4, 0.5) is 11.5 Å². The third-order valence-corrected chi connectivity index (χ3v) is 3.82. The van der Waals surface area contributed by atoms with Gasteiger partial charge < -0.3 is 9.47 Å². The van der Waals surface area contributed by atoms with Crippen molar-refractivity contribution in [3.63, 3.8) is 0 Å². The molecule has 10 heteroatoms. The molecule has 136 valence electrons. The Balaban J connectivity index is 2.00. The van der Waals surface area contributed by atoms with Crippen LogP contribution in [-0.2, 0) is 9.53 Å². The molecule has 0 saturated carbocycles. The first-order valence-electron chi connectivity index (χ1n) is 7.47. The molecule has 0 bridgehead atoms. The van der Waals surface area contributed by atoms with Gasteiger partial charge in [0, 0.05) is 12.3 Å². The Bertz CT molecular complexity index is 828. The SMILES string of the molecule is CCOC(=O)COc1ccc(/C=N\Nc2ncccc2[N+](=O)[O-])cc1I. The lowest BCUT2D eigenvalue weighted by molar-refractivity contribution is -0.384. The number of hydrogen-bond donors (Lipinski definition) is 1. The topological polar surface area (TPSA) is 116 Å². The van der Waals surface area contributed by atoms with Crippen LogP contribution in [-0.4, -0.2) is 35.3 Å². The van der Waals surface area contributed by atoms with Crippen molar-refractivity contribution in [3.8, 4) is 5.75 Å². The Morgan fingerprint density at radius 1 is 1.46 bits per heavy atom. The number of nitrogens with zero attached hydrogens (tertiary/aromatic N) is 3. The average Bonchev–Trinajstić information content (AvgIpc) is 2.61. The number of esters is 1. The number of hydrazone groups is 1. The summed E-state index contributed by atoms with van der Waals surface area (Å²) in [5, 5.41) is 14.9. The second-order valence-corrected chi connectivity index (χ2v) is 5.94. The van der Waals surface area contributed by atoms with Gasteiger partial charge in [-0.3, -0.25) is 15.5 Å². The predicted molar refractivity (Wildman–Crippen MR) is 103 cm³/mol. The van der Waals surface area contributed by atoms with E-state index in [1.54, 1.807) is 25.1 Å². The number of anilines is 1. The Morgan fingerprint density at radius 2 is 2.27 bits per heavy atom. The van der Waals surface area contributed by atoms with Crippen molar-refractivity contribution >= 4 is 46.3 Å². The van der Waals surface area contributed by atoms with Crippen molar-refractivity contribution in [2.24, 2.45) is 5.10 Å². The molecule has 2 rings (SSSR count). The smallest absolute Gasteiger partial charge is 0.344 e. The molecule has 26 heavy (non-hydrogen) atoms. The molecular formula is C16H15IN4O5. The molecule has 0 spiro atoms. The number of nitro groups is 1. The minimum absolute atomic E-state index is 0.0536. The molecule has 0 aliphatic carbocycles. The fraction of sp³-hybridized carbons (Fsp3) is 0.188. The van der Waals surface area contributed by atoms with Gasteiger partial charge in [-0.1, -0.05) is 0 Å². The number of rotatable bonds is 8. The van der Waals surface area contributed by atoms with Gasteiger partial charge in [-0.25, -0.2) is 9.78 Å². The molecular weight excluding hydrogens is 455 g/mol. The highest BCUT2D eigenvalue weighted by Crippen LogP contribution is 2.22. The largest absolute Gasteiger partial charge is 0.481 e. The van der Waals surface area contributed by atoms with Gasteiger partial charge >= 0.3 is 11.7 Å². The molecule has 1 aromatic heterocycles. The Kier molecular flexibility index (Phi) is 7.26. The quantitative estimate of drug-likeness (QED) is 0.207. The van der Waals surface area contributed by atoms with Crippen LogP contribution < -0.4 is 10.2 Å². The number of nitrogens with one attached hydrogen (secondary N) is 1. The molecule has 0 radical (unpaired) electrons. The van der Waals surface area contributed by atoms with E-state index in [-0.39, 0.29) is 18.1 Å². The van der Waals surface area contributed by atoms with Crippen LogP contribution in [0.2, 0.25) is 0 Å². The van der Waals surface area contributed by atoms with E-state index in [4.69, 9.17) is 9.47 Å². The summed E-state index contributed by atoms with van der Waals surface area (Å²) in [7, 11) is 0. The third-order valence-electron chi connectivity index (χ3n) is 2.97. The van der Waals surface area contributed by atoms with Crippen molar-refractivity contribution in [2.45, 2.75) is 6.92 Å². The van der Waals surface area contributed by atoms with Crippen molar-refractivity contribution in [3.05, 3.63) is 55.8 Å². The van der Waals surface area contributed by atoms with Crippen molar-refractivity contribution in [2.75, 3.05) is 18.6 Å². The van der Waals surface area contributed by atoms with E-state index in [2.05, 4.69) is 38.1 Å². The van der Waals surface area contributed by atoms with Gasteiger partial charge in [0.25, 0.3) is 0 Å². The van der Waals surface area contributed by atoms with Crippen LogP contribution in [0.5, 0.6) is 5.75 Å². The summed E-state index contributed by atoms with van der Waals surface area (Å²) in [5.74, 6) is 0.164. The molecule has 1 aromatic carbocycles. The summed E-state index contributed by atoms with van der Waals surface area (Å²) in [5.41, 5.74) is 3.13. The molecule has 0 aliphatic heterocycles. The number of carbonyl (C=O) groups excluding carboxylic acids is 1. The second-order valence-electron chi connectivity index (χ2n) is 4.78. The molecule has 1 N–H and O–H groups in total. The predicted octanol–water partition coefficient (Wildman–Crippen LogP) is 2.98. The van der Waals surface area contributed by atoms with E-state index < -0.39 is 10.9 Å². The minimum atomic E-state index is -0.538. The fourth-order valence-electron chi connectivity index (χ4n) is 1.85. The maximum absolute atomic E-state index is 11.3. The summed E-state index contributed by atoms with van der Waals surface area (Å²) in [4.78, 5) is 25.6.